The van der Waals surface area contributed by atoms with Crippen molar-refractivity contribution in [1.29, 1.82) is 0 Å². The van der Waals surface area contributed by atoms with Gasteiger partial charge in [0.05, 0.1) is 5.39 Å². The zero-order valence-corrected chi connectivity index (χ0v) is 14.3. The minimum Gasteiger partial charge on any atom is -0.207 e. The maximum absolute atomic E-state index is 6.33. The third-order valence-corrected chi connectivity index (χ3v) is 5.34. The normalized spacial score (nSPS) is 11.3. The Hall–Kier alpha value is -1.16. The van der Waals surface area contributed by atoms with Gasteiger partial charge in [-0.2, -0.15) is 0 Å². The van der Waals surface area contributed by atoms with Crippen molar-refractivity contribution in [2.45, 2.75) is 27.2 Å². The van der Waals surface area contributed by atoms with Crippen LogP contribution in [0.15, 0.2) is 18.2 Å². The number of aryl methyl sites for hydroxylation is 3. The molecule has 0 unspecified atom stereocenters. The summed E-state index contributed by atoms with van der Waals surface area (Å²) in [5.74, 6) is 0. The van der Waals surface area contributed by atoms with E-state index in [0.717, 1.165) is 27.8 Å². The lowest BCUT2D eigenvalue weighted by Crippen LogP contribution is -1.88. The van der Waals surface area contributed by atoms with Crippen LogP contribution in [0, 0.1) is 13.8 Å². The van der Waals surface area contributed by atoms with Crippen LogP contribution >= 0.6 is 34.5 Å². The molecule has 0 amide bonds. The van der Waals surface area contributed by atoms with Crippen molar-refractivity contribution in [3.8, 4) is 11.1 Å². The third-order valence-electron chi connectivity index (χ3n) is 3.67. The summed E-state index contributed by atoms with van der Waals surface area (Å²) in [6.45, 7) is 6.37. The molecule has 0 saturated carbocycles. The molecule has 5 heteroatoms. The molecule has 21 heavy (non-hydrogen) atoms. The average molecular weight is 337 g/mol. The van der Waals surface area contributed by atoms with Gasteiger partial charge in [-0.05, 0) is 48.6 Å². The molecule has 0 fully saturated rings. The van der Waals surface area contributed by atoms with Crippen molar-refractivity contribution in [3.63, 3.8) is 0 Å². The summed E-state index contributed by atoms with van der Waals surface area (Å²) in [6.07, 6.45) is 0.928. The highest BCUT2D eigenvalue weighted by molar-refractivity contribution is 7.19. The Morgan fingerprint density at radius 2 is 1.86 bits per heavy atom. The van der Waals surface area contributed by atoms with Crippen LogP contribution in [0.4, 0.5) is 0 Å². The lowest BCUT2D eigenvalue weighted by molar-refractivity contribution is 1.19. The number of halogens is 2. The number of fused-ring (bicyclic) bond motifs is 1. The van der Waals surface area contributed by atoms with E-state index in [0.29, 0.717) is 5.15 Å². The first kappa shape index (κ1) is 14.8. The molecular formula is C16H14Cl2N2S. The predicted molar refractivity (Wildman–Crippen MR) is 91.7 cm³/mol. The smallest absolute Gasteiger partial charge is 0.207 e. The topological polar surface area (TPSA) is 25.8 Å². The Bertz CT molecular complexity index is 840. The van der Waals surface area contributed by atoms with E-state index in [9.17, 15) is 0 Å². The Labute approximate surface area is 137 Å². The number of thiophene rings is 1. The molecule has 3 aromatic rings. The van der Waals surface area contributed by atoms with E-state index >= 15 is 0 Å². The molecule has 0 N–H and O–H groups in total. The van der Waals surface area contributed by atoms with E-state index in [4.69, 9.17) is 23.2 Å². The highest BCUT2D eigenvalue weighted by Gasteiger charge is 2.18. The van der Waals surface area contributed by atoms with Gasteiger partial charge in [-0.25, -0.2) is 9.97 Å². The van der Waals surface area contributed by atoms with Gasteiger partial charge in [-0.1, -0.05) is 36.7 Å². The number of nitrogens with zero attached hydrogens (tertiary/aromatic N) is 2. The quantitative estimate of drug-likeness (QED) is 0.433. The molecule has 0 bridgehead atoms. The second-order valence-electron chi connectivity index (χ2n) is 5.02. The monoisotopic (exact) mass is 336 g/mol. The van der Waals surface area contributed by atoms with Gasteiger partial charge < -0.3 is 0 Å². The minimum atomic E-state index is 0.197. The van der Waals surface area contributed by atoms with Crippen molar-refractivity contribution >= 4 is 44.8 Å². The van der Waals surface area contributed by atoms with Crippen LogP contribution in [0.25, 0.3) is 21.3 Å². The lowest BCUT2D eigenvalue weighted by Gasteiger charge is -2.07. The fourth-order valence-corrected chi connectivity index (χ4v) is 4.15. The fourth-order valence-electron chi connectivity index (χ4n) is 2.43. The van der Waals surface area contributed by atoms with E-state index in [-0.39, 0.29) is 5.28 Å². The van der Waals surface area contributed by atoms with Gasteiger partial charge in [0.25, 0.3) is 0 Å². The van der Waals surface area contributed by atoms with Crippen molar-refractivity contribution in [2.75, 3.05) is 0 Å². The standard InChI is InChI=1S/C16H14Cl2N2S/c1-4-11-12(10-6-5-8(2)9(3)7-10)13-14(17)19-16(18)20-15(13)21-11/h5-7H,4H2,1-3H3. The van der Waals surface area contributed by atoms with Crippen LogP contribution in [0.5, 0.6) is 0 Å². The van der Waals surface area contributed by atoms with Crippen molar-refractivity contribution in [2.24, 2.45) is 0 Å². The maximum atomic E-state index is 6.33. The summed E-state index contributed by atoms with van der Waals surface area (Å²) in [5, 5.41) is 1.53. The van der Waals surface area contributed by atoms with Crippen LogP contribution < -0.4 is 0 Å². The van der Waals surface area contributed by atoms with E-state index < -0.39 is 0 Å². The first-order valence-electron chi connectivity index (χ1n) is 6.73. The van der Waals surface area contributed by atoms with Gasteiger partial charge in [-0.15, -0.1) is 11.3 Å². The third kappa shape index (κ3) is 2.54. The lowest BCUT2D eigenvalue weighted by atomic mass is 9.98. The van der Waals surface area contributed by atoms with Gasteiger partial charge in [0.2, 0.25) is 5.28 Å². The van der Waals surface area contributed by atoms with Crippen LogP contribution in [0.2, 0.25) is 10.4 Å². The first-order chi connectivity index (χ1) is 10.0. The summed E-state index contributed by atoms with van der Waals surface area (Å²) < 4.78 is 0. The number of rotatable bonds is 2. The maximum Gasteiger partial charge on any atom is 0.225 e. The van der Waals surface area contributed by atoms with E-state index in [1.807, 2.05) is 0 Å². The Balaban J connectivity index is 2.37. The number of benzene rings is 1. The summed E-state index contributed by atoms with van der Waals surface area (Å²) in [5.41, 5.74) is 4.85. The van der Waals surface area contributed by atoms with Gasteiger partial charge in [0, 0.05) is 10.4 Å². The number of hydrogen-bond acceptors (Lipinski definition) is 3. The zero-order chi connectivity index (χ0) is 15.1. The molecule has 2 heterocycles. The van der Waals surface area contributed by atoms with Gasteiger partial charge >= 0.3 is 0 Å². The molecule has 0 aliphatic carbocycles. The largest absolute Gasteiger partial charge is 0.225 e. The second kappa shape index (κ2) is 5.56. The molecule has 3 rings (SSSR count). The first-order valence-corrected chi connectivity index (χ1v) is 8.30. The zero-order valence-electron chi connectivity index (χ0n) is 12.0. The molecule has 1 aromatic carbocycles. The van der Waals surface area contributed by atoms with Crippen LogP contribution in [0.1, 0.15) is 22.9 Å². The predicted octanol–water partition coefficient (Wildman–Crippen LogP) is 5.84. The van der Waals surface area contributed by atoms with E-state index in [1.54, 1.807) is 11.3 Å². The van der Waals surface area contributed by atoms with E-state index in [1.165, 1.54) is 16.0 Å². The van der Waals surface area contributed by atoms with Crippen LogP contribution in [-0.4, -0.2) is 9.97 Å². The van der Waals surface area contributed by atoms with Gasteiger partial charge in [-0.3, -0.25) is 0 Å². The Morgan fingerprint density at radius 3 is 2.52 bits per heavy atom. The SMILES string of the molecule is CCc1sc2nc(Cl)nc(Cl)c2c1-c1ccc(C)c(C)c1. The van der Waals surface area contributed by atoms with Crippen LogP contribution in [0.3, 0.4) is 0 Å². The molecule has 2 nitrogen and oxygen atoms in total. The van der Waals surface area contributed by atoms with Crippen molar-refractivity contribution in [1.82, 2.24) is 9.97 Å². The molecule has 0 saturated heterocycles. The second-order valence-corrected chi connectivity index (χ2v) is 6.80. The molecule has 108 valence electrons. The summed E-state index contributed by atoms with van der Waals surface area (Å²) in [6, 6.07) is 6.47. The molecule has 0 radical (unpaired) electrons. The average Bonchev–Trinajstić information content (AvgIpc) is 2.80. The molecule has 0 aliphatic rings. The molecule has 0 aliphatic heterocycles. The van der Waals surface area contributed by atoms with Crippen molar-refractivity contribution < 1.29 is 0 Å². The Kier molecular flexibility index (Phi) is 3.91. The van der Waals surface area contributed by atoms with Gasteiger partial charge in [0.15, 0.2) is 0 Å². The highest BCUT2D eigenvalue weighted by atomic mass is 35.5. The molecule has 0 spiro atoms. The number of aromatic nitrogens is 2. The highest BCUT2D eigenvalue weighted by Crippen LogP contribution is 2.41. The molecule has 2 aromatic heterocycles. The molecule has 0 atom stereocenters. The summed E-state index contributed by atoms with van der Waals surface area (Å²) in [7, 11) is 0. The minimum absolute atomic E-state index is 0.197. The van der Waals surface area contributed by atoms with Crippen molar-refractivity contribution in [3.05, 3.63) is 44.6 Å². The summed E-state index contributed by atoms with van der Waals surface area (Å²) in [4.78, 5) is 10.5. The fraction of sp³-hybridized carbons (Fsp3) is 0.250. The van der Waals surface area contributed by atoms with Crippen LogP contribution in [-0.2, 0) is 6.42 Å². The Morgan fingerprint density at radius 1 is 1.10 bits per heavy atom. The summed E-state index contributed by atoms with van der Waals surface area (Å²) >= 11 is 13.9. The number of hydrogen-bond donors (Lipinski definition) is 0. The van der Waals surface area contributed by atoms with Gasteiger partial charge in [0.1, 0.15) is 9.98 Å². The van der Waals surface area contributed by atoms with E-state index in [2.05, 4.69) is 48.9 Å². The molecular weight excluding hydrogens is 323 g/mol.